The van der Waals surface area contributed by atoms with Crippen LogP contribution in [0.15, 0.2) is 34.1 Å². The molecule has 0 fully saturated rings. The molecule has 1 aliphatic rings. The maximum absolute atomic E-state index is 12.3. The van der Waals surface area contributed by atoms with Crippen molar-refractivity contribution in [1.82, 2.24) is 19.9 Å². The first-order valence-corrected chi connectivity index (χ1v) is 10.9. The van der Waals surface area contributed by atoms with E-state index >= 15 is 0 Å². The first-order valence-electron chi connectivity index (χ1n) is 9.08. The molecule has 0 unspecified atom stereocenters. The van der Waals surface area contributed by atoms with Gasteiger partial charge >= 0.3 is 0 Å². The normalized spacial score (nSPS) is 14.0. The zero-order chi connectivity index (χ0) is 18.4. The third-order valence-corrected chi connectivity index (χ3v) is 7.07. The Kier molecular flexibility index (Phi) is 4.21. The Bertz CT molecular complexity index is 1230. The molecule has 3 aromatic heterocycles. The second-order valence-electron chi connectivity index (χ2n) is 6.79. The molecule has 1 aliphatic carbocycles. The number of fused-ring (bicyclic) bond motifs is 4. The van der Waals surface area contributed by atoms with E-state index in [1.165, 1.54) is 28.7 Å². The van der Waals surface area contributed by atoms with Crippen LogP contribution in [0, 0.1) is 6.92 Å². The number of aryl methyl sites for hydroxylation is 3. The van der Waals surface area contributed by atoms with E-state index in [4.69, 9.17) is 4.98 Å². The van der Waals surface area contributed by atoms with Crippen LogP contribution in [0.3, 0.4) is 0 Å². The van der Waals surface area contributed by atoms with Crippen LogP contribution in [0.25, 0.3) is 21.1 Å². The molecule has 136 valence electrons. The van der Waals surface area contributed by atoms with Crippen molar-refractivity contribution in [1.29, 1.82) is 0 Å². The number of benzene rings is 1. The van der Waals surface area contributed by atoms with Crippen molar-refractivity contribution in [2.24, 2.45) is 0 Å². The van der Waals surface area contributed by atoms with Crippen LogP contribution in [0.2, 0.25) is 0 Å². The molecule has 5 rings (SSSR count). The molecule has 27 heavy (non-hydrogen) atoms. The van der Waals surface area contributed by atoms with Gasteiger partial charge in [-0.25, -0.2) is 15.0 Å². The van der Waals surface area contributed by atoms with Crippen LogP contribution in [0.4, 0.5) is 0 Å². The molecule has 3 heterocycles. The number of para-hydroxylation sites is 1. The monoisotopic (exact) mass is 394 g/mol. The fourth-order valence-electron chi connectivity index (χ4n) is 3.67. The van der Waals surface area contributed by atoms with Gasteiger partial charge in [0.15, 0.2) is 0 Å². The van der Waals surface area contributed by atoms with Crippen LogP contribution in [-0.4, -0.2) is 19.9 Å². The molecule has 0 saturated carbocycles. The number of aromatic amines is 1. The highest BCUT2D eigenvalue weighted by atomic mass is 32.2. The largest absolute Gasteiger partial charge is 0.309 e. The topological polar surface area (TPSA) is 71.5 Å². The van der Waals surface area contributed by atoms with E-state index in [2.05, 4.69) is 15.0 Å². The molecule has 0 aliphatic heterocycles. The average molecular weight is 395 g/mol. The smallest absolute Gasteiger partial charge is 0.258 e. The summed E-state index contributed by atoms with van der Waals surface area (Å²) in [6, 6.07) is 7.43. The molecule has 1 aromatic carbocycles. The molecule has 0 spiro atoms. The van der Waals surface area contributed by atoms with Gasteiger partial charge < -0.3 is 4.98 Å². The minimum atomic E-state index is -0.0897. The van der Waals surface area contributed by atoms with E-state index in [-0.39, 0.29) is 5.56 Å². The minimum Gasteiger partial charge on any atom is -0.309 e. The van der Waals surface area contributed by atoms with Crippen LogP contribution in [-0.2, 0) is 18.6 Å². The lowest BCUT2D eigenvalue weighted by molar-refractivity contribution is 0.699. The molecule has 0 amide bonds. The number of H-pyrrole nitrogens is 1. The van der Waals surface area contributed by atoms with Gasteiger partial charge in [0.25, 0.3) is 5.56 Å². The van der Waals surface area contributed by atoms with Crippen LogP contribution in [0.1, 0.15) is 34.9 Å². The highest BCUT2D eigenvalue weighted by molar-refractivity contribution is 7.98. The molecular formula is C20H18N4OS2. The Hall–Kier alpha value is -2.25. The summed E-state index contributed by atoms with van der Waals surface area (Å²) >= 11 is 3.45. The molecule has 7 heteroatoms. The van der Waals surface area contributed by atoms with E-state index in [1.54, 1.807) is 17.8 Å². The molecule has 0 saturated heterocycles. The summed E-state index contributed by atoms with van der Waals surface area (Å²) < 4.78 is 0. The average Bonchev–Trinajstić information content (AvgIpc) is 3.04. The number of thiophene rings is 1. The van der Waals surface area contributed by atoms with E-state index in [0.29, 0.717) is 17.0 Å². The molecule has 0 atom stereocenters. The van der Waals surface area contributed by atoms with Crippen molar-refractivity contribution in [3.8, 4) is 0 Å². The number of thioether (sulfide) groups is 1. The van der Waals surface area contributed by atoms with Gasteiger partial charge in [-0.1, -0.05) is 23.9 Å². The highest BCUT2D eigenvalue weighted by Crippen LogP contribution is 2.40. The molecule has 4 aromatic rings. The lowest BCUT2D eigenvalue weighted by Crippen LogP contribution is -2.11. The van der Waals surface area contributed by atoms with Crippen LogP contribution < -0.4 is 5.56 Å². The zero-order valence-electron chi connectivity index (χ0n) is 14.9. The molecule has 0 bridgehead atoms. The van der Waals surface area contributed by atoms with Crippen molar-refractivity contribution in [2.45, 2.75) is 43.4 Å². The summed E-state index contributed by atoms with van der Waals surface area (Å²) in [5.41, 5.74) is 2.07. The van der Waals surface area contributed by atoms with Crippen molar-refractivity contribution in [3.63, 3.8) is 0 Å². The second-order valence-corrected chi connectivity index (χ2v) is 8.83. The fraction of sp³-hybridized carbons (Fsp3) is 0.300. The predicted molar refractivity (Wildman–Crippen MR) is 111 cm³/mol. The van der Waals surface area contributed by atoms with Crippen molar-refractivity contribution >= 4 is 44.2 Å². The highest BCUT2D eigenvalue weighted by Gasteiger charge is 2.21. The van der Waals surface area contributed by atoms with Gasteiger partial charge in [0.1, 0.15) is 21.5 Å². The Morgan fingerprint density at radius 1 is 1.15 bits per heavy atom. The van der Waals surface area contributed by atoms with Crippen LogP contribution >= 0.6 is 23.1 Å². The number of aromatic nitrogens is 4. The van der Waals surface area contributed by atoms with E-state index < -0.39 is 0 Å². The van der Waals surface area contributed by atoms with Crippen molar-refractivity contribution < 1.29 is 0 Å². The van der Waals surface area contributed by atoms with Gasteiger partial charge in [-0.3, -0.25) is 4.79 Å². The first kappa shape index (κ1) is 16.9. The molecule has 0 radical (unpaired) electrons. The maximum Gasteiger partial charge on any atom is 0.258 e. The van der Waals surface area contributed by atoms with Gasteiger partial charge in [-0.15, -0.1) is 11.3 Å². The summed E-state index contributed by atoms with van der Waals surface area (Å²) in [6.45, 7) is 1.94. The van der Waals surface area contributed by atoms with Crippen LogP contribution in [0.5, 0.6) is 0 Å². The van der Waals surface area contributed by atoms with Gasteiger partial charge in [-0.2, -0.15) is 0 Å². The standard InChI is InChI=1S/C20H18N4OS2/c1-11-21-19(17-13-7-3-5-9-15(13)27-20(17)22-11)26-10-16-23-14-8-4-2-6-12(14)18(25)24-16/h2,4,6,8H,3,5,7,9-10H2,1H3,(H,23,24,25). The van der Waals surface area contributed by atoms with Crippen molar-refractivity contribution in [3.05, 3.63) is 56.7 Å². The summed E-state index contributed by atoms with van der Waals surface area (Å²) in [6.07, 6.45) is 4.76. The SMILES string of the molecule is Cc1nc(SCc2nc3ccccc3c(=O)[nH]2)c2c3c(sc2n1)CCCC3. The molecular weight excluding hydrogens is 376 g/mol. The van der Waals surface area contributed by atoms with Crippen molar-refractivity contribution in [2.75, 3.05) is 0 Å². The Morgan fingerprint density at radius 3 is 2.93 bits per heavy atom. The molecule has 5 nitrogen and oxygen atoms in total. The lowest BCUT2D eigenvalue weighted by atomic mass is 9.97. The third kappa shape index (κ3) is 3.04. The molecule has 1 N–H and O–H groups in total. The zero-order valence-corrected chi connectivity index (χ0v) is 16.5. The second kappa shape index (κ2) is 6.73. The Morgan fingerprint density at radius 2 is 2.00 bits per heavy atom. The van der Waals surface area contributed by atoms with E-state index in [9.17, 15) is 4.79 Å². The van der Waals surface area contributed by atoms with E-state index in [0.717, 1.165) is 34.0 Å². The summed E-state index contributed by atoms with van der Waals surface area (Å²) in [5, 5.41) is 2.85. The quantitative estimate of drug-likeness (QED) is 0.412. The predicted octanol–water partition coefficient (Wildman–Crippen LogP) is 4.41. The Balaban J connectivity index is 1.53. The third-order valence-electron chi connectivity index (χ3n) is 4.90. The number of rotatable bonds is 3. The lowest BCUT2D eigenvalue weighted by Gasteiger charge is -2.11. The summed E-state index contributed by atoms with van der Waals surface area (Å²) in [7, 11) is 0. The Labute approximate surface area is 164 Å². The number of hydrogen-bond acceptors (Lipinski definition) is 6. The van der Waals surface area contributed by atoms with Gasteiger partial charge in [-0.05, 0) is 50.3 Å². The fourth-order valence-corrected chi connectivity index (χ4v) is 6.01. The number of nitrogens with zero attached hydrogens (tertiary/aromatic N) is 3. The van der Waals surface area contributed by atoms with E-state index in [1.807, 2.05) is 36.5 Å². The number of nitrogens with one attached hydrogen (secondary N) is 1. The van der Waals surface area contributed by atoms with Gasteiger partial charge in [0, 0.05) is 10.3 Å². The first-order chi connectivity index (χ1) is 13.2. The maximum atomic E-state index is 12.3. The minimum absolute atomic E-state index is 0.0897. The number of hydrogen-bond donors (Lipinski definition) is 1. The summed E-state index contributed by atoms with van der Waals surface area (Å²) in [5.74, 6) is 2.05. The van der Waals surface area contributed by atoms with Gasteiger partial charge in [0.05, 0.1) is 16.7 Å². The van der Waals surface area contributed by atoms with Gasteiger partial charge in [0.2, 0.25) is 0 Å². The summed E-state index contributed by atoms with van der Waals surface area (Å²) in [4.78, 5) is 31.8.